The van der Waals surface area contributed by atoms with E-state index in [2.05, 4.69) is 22.2 Å². The van der Waals surface area contributed by atoms with Crippen LogP contribution < -0.4 is 14.8 Å². The van der Waals surface area contributed by atoms with Crippen molar-refractivity contribution in [3.63, 3.8) is 0 Å². The average Bonchev–Trinajstić information content (AvgIpc) is 3.25. The van der Waals surface area contributed by atoms with E-state index in [0.29, 0.717) is 24.4 Å². The molecule has 5 rings (SSSR count). The predicted molar refractivity (Wildman–Crippen MR) is 141 cm³/mol. The first-order valence-corrected chi connectivity index (χ1v) is 14.1. The highest BCUT2D eigenvalue weighted by molar-refractivity contribution is 7.92. The number of hydrogen-bond acceptors (Lipinski definition) is 6. The van der Waals surface area contributed by atoms with E-state index in [-0.39, 0.29) is 24.9 Å². The zero-order valence-electron chi connectivity index (χ0n) is 20.5. The molecule has 2 aliphatic heterocycles. The van der Waals surface area contributed by atoms with E-state index < -0.39 is 28.3 Å². The normalized spacial score (nSPS) is 22.4. The van der Waals surface area contributed by atoms with Gasteiger partial charge in [0.1, 0.15) is 18.0 Å². The number of benzene rings is 3. The van der Waals surface area contributed by atoms with E-state index in [1.165, 1.54) is 0 Å². The Morgan fingerprint density at radius 2 is 1.76 bits per heavy atom. The fraction of sp³-hybridized carbons (Fsp3) is 0.321. The quantitative estimate of drug-likeness (QED) is 0.418. The van der Waals surface area contributed by atoms with Crippen LogP contribution in [0.3, 0.4) is 0 Å². The SMILES string of the molecule is CS(=O)(=O)Nc1ccc2c(c1)[C@@H]1C[C@@H](CC(=O)NCc3ccc(-c4ccccc4)cc3)O[C@H](CO)[C@@H]1O2. The van der Waals surface area contributed by atoms with Gasteiger partial charge < -0.3 is 19.9 Å². The molecule has 0 radical (unpaired) electrons. The number of carbonyl (C=O) groups is 1. The minimum atomic E-state index is -3.42. The Kier molecular flexibility index (Phi) is 7.19. The molecule has 37 heavy (non-hydrogen) atoms. The van der Waals surface area contributed by atoms with E-state index in [9.17, 15) is 18.3 Å². The molecule has 1 fully saturated rings. The van der Waals surface area contributed by atoms with Crippen LogP contribution in [0.4, 0.5) is 5.69 Å². The maximum Gasteiger partial charge on any atom is 0.229 e. The number of sulfonamides is 1. The van der Waals surface area contributed by atoms with Crippen LogP contribution in [-0.4, -0.2) is 50.6 Å². The summed E-state index contributed by atoms with van der Waals surface area (Å²) in [5.41, 5.74) is 4.55. The lowest BCUT2D eigenvalue weighted by atomic mass is 9.84. The van der Waals surface area contributed by atoms with Crippen molar-refractivity contribution in [3.8, 4) is 16.9 Å². The van der Waals surface area contributed by atoms with Gasteiger partial charge in [0, 0.05) is 23.7 Å². The third kappa shape index (κ3) is 5.95. The molecule has 3 N–H and O–H groups in total. The summed E-state index contributed by atoms with van der Waals surface area (Å²) in [6.07, 6.45) is 0.396. The molecule has 9 heteroatoms. The van der Waals surface area contributed by atoms with E-state index in [1.807, 2.05) is 42.5 Å². The fourth-order valence-corrected chi connectivity index (χ4v) is 5.65. The van der Waals surface area contributed by atoms with Crippen molar-refractivity contribution in [1.82, 2.24) is 5.32 Å². The van der Waals surface area contributed by atoms with Gasteiger partial charge in [-0.15, -0.1) is 0 Å². The van der Waals surface area contributed by atoms with Crippen LogP contribution in [0.15, 0.2) is 72.8 Å². The average molecular weight is 523 g/mol. The monoisotopic (exact) mass is 522 g/mol. The van der Waals surface area contributed by atoms with E-state index in [4.69, 9.17) is 9.47 Å². The second-order valence-corrected chi connectivity index (χ2v) is 11.3. The molecule has 8 nitrogen and oxygen atoms in total. The molecule has 0 aliphatic carbocycles. The van der Waals surface area contributed by atoms with Gasteiger partial charge in [-0.05, 0) is 41.3 Å². The van der Waals surface area contributed by atoms with Crippen LogP contribution in [0.25, 0.3) is 11.1 Å². The number of aliphatic hydroxyl groups excluding tert-OH is 1. The number of hydrogen-bond donors (Lipinski definition) is 3. The van der Waals surface area contributed by atoms with Crippen molar-refractivity contribution in [3.05, 3.63) is 83.9 Å². The zero-order valence-corrected chi connectivity index (χ0v) is 21.3. The van der Waals surface area contributed by atoms with E-state index in [0.717, 1.165) is 28.5 Å². The Morgan fingerprint density at radius 1 is 1.03 bits per heavy atom. The minimum Gasteiger partial charge on any atom is -0.487 e. The predicted octanol–water partition coefficient (Wildman–Crippen LogP) is 3.43. The van der Waals surface area contributed by atoms with E-state index >= 15 is 0 Å². The minimum absolute atomic E-state index is 0.120. The van der Waals surface area contributed by atoms with Gasteiger partial charge in [0.2, 0.25) is 15.9 Å². The topological polar surface area (TPSA) is 114 Å². The van der Waals surface area contributed by atoms with Crippen molar-refractivity contribution >= 4 is 21.6 Å². The molecule has 0 spiro atoms. The van der Waals surface area contributed by atoms with Crippen LogP contribution >= 0.6 is 0 Å². The molecule has 1 saturated heterocycles. The number of anilines is 1. The Hall–Kier alpha value is -3.40. The Bertz CT molecular complexity index is 1360. The second-order valence-electron chi connectivity index (χ2n) is 9.57. The largest absolute Gasteiger partial charge is 0.487 e. The van der Waals surface area contributed by atoms with E-state index in [1.54, 1.807) is 18.2 Å². The van der Waals surface area contributed by atoms with Crippen molar-refractivity contribution < 1.29 is 27.8 Å². The summed E-state index contributed by atoms with van der Waals surface area (Å²) >= 11 is 0. The summed E-state index contributed by atoms with van der Waals surface area (Å²) in [6.45, 7) is 0.165. The Morgan fingerprint density at radius 3 is 2.46 bits per heavy atom. The zero-order chi connectivity index (χ0) is 26.0. The molecule has 2 aliphatic rings. The third-order valence-electron chi connectivity index (χ3n) is 6.77. The fourth-order valence-electron chi connectivity index (χ4n) is 5.09. The van der Waals surface area contributed by atoms with Crippen molar-refractivity contribution in [2.24, 2.45) is 0 Å². The first-order valence-electron chi connectivity index (χ1n) is 12.2. The number of ether oxygens (including phenoxy) is 2. The number of carbonyl (C=O) groups excluding carboxylic acids is 1. The number of rotatable bonds is 8. The van der Waals surface area contributed by atoms with Gasteiger partial charge in [0.15, 0.2) is 0 Å². The molecular formula is C28H30N2O6S. The molecule has 0 bridgehead atoms. The molecule has 2 heterocycles. The number of nitrogens with one attached hydrogen (secondary N) is 2. The summed E-state index contributed by atoms with van der Waals surface area (Å²) in [4.78, 5) is 12.8. The first kappa shape index (κ1) is 25.3. The van der Waals surface area contributed by atoms with Crippen LogP contribution in [0.2, 0.25) is 0 Å². The van der Waals surface area contributed by atoms with Crippen LogP contribution in [0, 0.1) is 0 Å². The molecule has 4 atom stereocenters. The summed E-state index contributed by atoms with van der Waals surface area (Å²) in [5, 5.41) is 12.9. The third-order valence-corrected chi connectivity index (χ3v) is 7.37. The maximum atomic E-state index is 12.8. The van der Waals surface area contributed by atoms with Crippen LogP contribution in [0.5, 0.6) is 5.75 Å². The van der Waals surface area contributed by atoms with Gasteiger partial charge in [-0.2, -0.15) is 0 Å². The molecule has 0 saturated carbocycles. The van der Waals surface area contributed by atoms with Crippen molar-refractivity contribution in [2.45, 2.75) is 43.6 Å². The first-order chi connectivity index (χ1) is 17.8. The van der Waals surface area contributed by atoms with Crippen LogP contribution in [0.1, 0.15) is 29.9 Å². The van der Waals surface area contributed by atoms with Gasteiger partial charge in [0.05, 0.1) is 25.4 Å². The number of amides is 1. The summed E-state index contributed by atoms with van der Waals surface area (Å²) in [7, 11) is -3.42. The highest BCUT2D eigenvalue weighted by Gasteiger charge is 2.46. The lowest BCUT2D eigenvalue weighted by Gasteiger charge is -2.37. The lowest BCUT2D eigenvalue weighted by Crippen LogP contribution is -2.47. The Balaban J connectivity index is 1.21. The van der Waals surface area contributed by atoms with Gasteiger partial charge in [-0.3, -0.25) is 9.52 Å². The van der Waals surface area contributed by atoms with Gasteiger partial charge >= 0.3 is 0 Å². The number of aliphatic hydroxyl groups is 1. The highest BCUT2D eigenvalue weighted by atomic mass is 32.2. The summed E-state index contributed by atoms with van der Waals surface area (Å²) in [5.74, 6) is 0.379. The molecule has 3 aromatic rings. The number of fused-ring (bicyclic) bond motifs is 3. The smallest absolute Gasteiger partial charge is 0.229 e. The molecule has 194 valence electrons. The Labute approximate surface area is 216 Å². The highest BCUT2D eigenvalue weighted by Crippen LogP contribution is 2.47. The molecular weight excluding hydrogens is 492 g/mol. The van der Waals surface area contributed by atoms with Gasteiger partial charge in [0.25, 0.3) is 0 Å². The summed E-state index contributed by atoms with van der Waals surface area (Å²) < 4.78 is 37.9. The molecule has 0 aromatic heterocycles. The lowest BCUT2D eigenvalue weighted by molar-refractivity contribution is -0.142. The molecule has 1 amide bonds. The van der Waals surface area contributed by atoms with Gasteiger partial charge in [-0.25, -0.2) is 8.42 Å². The van der Waals surface area contributed by atoms with Gasteiger partial charge in [-0.1, -0.05) is 54.6 Å². The standard InChI is InChI=1S/C28H30N2O6S/c1-37(33,34)30-21-11-12-25-23(13-21)24-14-22(35-26(17-31)28(24)36-25)15-27(32)29-16-18-7-9-20(10-8-18)19-5-3-2-4-6-19/h2-13,22,24,26,28,30-31H,14-17H2,1H3,(H,29,32)/t22-,24-,26+,28+/m0/s1. The van der Waals surface area contributed by atoms with Crippen LogP contribution in [-0.2, 0) is 26.1 Å². The molecule has 0 unspecified atom stereocenters. The maximum absolute atomic E-state index is 12.8. The van der Waals surface area contributed by atoms with Crippen molar-refractivity contribution in [1.29, 1.82) is 0 Å². The molecule has 3 aromatic carbocycles. The summed E-state index contributed by atoms with van der Waals surface area (Å²) in [6, 6.07) is 23.3. The second kappa shape index (κ2) is 10.5. The van der Waals surface area contributed by atoms with Crippen molar-refractivity contribution in [2.75, 3.05) is 17.6 Å².